The highest BCUT2D eigenvalue weighted by molar-refractivity contribution is 6.06. The molecule has 0 fully saturated rings. The van der Waals surface area contributed by atoms with Crippen LogP contribution in [-0.4, -0.2) is 29.1 Å². The van der Waals surface area contributed by atoms with Crippen LogP contribution in [0.4, 0.5) is 11.4 Å². The van der Waals surface area contributed by atoms with Crippen molar-refractivity contribution in [3.8, 4) is 11.5 Å². The molecule has 0 saturated heterocycles. The molecule has 178 valence electrons. The van der Waals surface area contributed by atoms with Gasteiger partial charge in [0.15, 0.2) is 0 Å². The van der Waals surface area contributed by atoms with Crippen LogP contribution in [0.15, 0.2) is 71.5 Å². The predicted octanol–water partition coefficient (Wildman–Crippen LogP) is 4.78. The maximum atomic E-state index is 12.7. The highest BCUT2D eigenvalue weighted by Gasteiger charge is 2.13. The van der Waals surface area contributed by atoms with Gasteiger partial charge in [0, 0.05) is 29.7 Å². The first kappa shape index (κ1) is 23.5. The van der Waals surface area contributed by atoms with E-state index in [2.05, 4.69) is 20.8 Å². The van der Waals surface area contributed by atoms with Gasteiger partial charge >= 0.3 is 0 Å². The van der Waals surface area contributed by atoms with Crippen molar-refractivity contribution in [1.29, 1.82) is 0 Å². The fourth-order valence-electron chi connectivity index (χ4n) is 3.33. The van der Waals surface area contributed by atoms with E-state index in [1.165, 1.54) is 13.3 Å². The Hall–Kier alpha value is -4.66. The third-order valence-corrected chi connectivity index (χ3v) is 5.31. The lowest BCUT2D eigenvalue weighted by molar-refractivity contribution is 0.101. The lowest BCUT2D eigenvalue weighted by Crippen LogP contribution is -2.14. The summed E-state index contributed by atoms with van der Waals surface area (Å²) >= 11 is 0. The van der Waals surface area contributed by atoms with Crippen LogP contribution in [0.5, 0.6) is 11.5 Å². The molecule has 0 unspecified atom stereocenters. The molecule has 35 heavy (non-hydrogen) atoms. The topological polar surface area (TPSA) is 116 Å². The molecule has 9 heteroatoms. The summed E-state index contributed by atoms with van der Waals surface area (Å²) in [6.45, 7) is 4.03. The van der Waals surface area contributed by atoms with Gasteiger partial charge in [-0.25, -0.2) is 0 Å². The lowest BCUT2D eigenvalue weighted by Gasteiger charge is -2.13. The zero-order valence-corrected chi connectivity index (χ0v) is 19.5. The molecular weight excluding hydrogens is 448 g/mol. The van der Waals surface area contributed by atoms with Gasteiger partial charge in [-0.3, -0.25) is 14.6 Å². The molecule has 4 aromatic rings. The van der Waals surface area contributed by atoms with Gasteiger partial charge in [0.2, 0.25) is 0 Å². The molecule has 2 aromatic heterocycles. The number of nitrogens with one attached hydrogen (secondary N) is 2. The van der Waals surface area contributed by atoms with Crippen LogP contribution in [-0.2, 0) is 6.61 Å². The summed E-state index contributed by atoms with van der Waals surface area (Å²) < 4.78 is 16.3. The van der Waals surface area contributed by atoms with Crippen molar-refractivity contribution >= 4 is 23.2 Å². The summed E-state index contributed by atoms with van der Waals surface area (Å²) in [7, 11) is 1.49. The average Bonchev–Trinajstić information content (AvgIpc) is 3.21. The Morgan fingerprint density at radius 2 is 1.74 bits per heavy atom. The average molecular weight is 473 g/mol. The molecule has 0 spiro atoms. The molecule has 2 heterocycles. The second-order valence-electron chi connectivity index (χ2n) is 7.68. The number of anilines is 2. The van der Waals surface area contributed by atoms with Crippen molar-refractivity contribution in [2.24, 2.45) is 0 Å². The summed E-state index contributed by atoms with van der Waals surface area (Å²) in [6, 6.07) is 15.1. The van der Waals surface area contributed by atoms with Gasteiger partial charge in [-0.15, -0.1) is 0 Å². The SMILES string of the molecule is COc1cc(NC(=O)c2ccc(OCc3c(C)noc3C)cc2)ccc1NC(=O)c1cccnc1. The Balaban J connectivity index is 1.38. The maximum absolute atomic E-state index is 12.7. The van der Waals surface area contributed by atoms with E-state index in [9.17, 15) is 9.59 Å². The molecule has 0 aliphatic heterocycles. The summed E-state index contributed by atoms with van der Waals surface area (Å²) in [5.41, 5.74) is 3.57. The molecule has 0 atom stereocenters. The Morgan fingerprint density at radius 3 is 2.40 bits per heavy atom. The third kappa shape index (κ3) is 5.64. The number of aromatic nitrogens is 2. The third-order valence-electron chi connectivity index (χ3n) is 5.31. The Kier molecular flexibility index (Phi) is 7.06. The minimum atomic E-state index is -0.315. The minimum Gasteiger partial charge on any atom is -0.494 e. The van der Waals surface area contributed by atoms with Gasteiger partial charge in [-0.1, -0.05) is 5.16 Å². The summed E-state index contributed by atoms with van der Waals surface area (Å²) in [6.07, 6.45) is 3.07. The minimum absolute atomic E-state index is 0.295. The first-order valence-corrected chi connectivity index (χ1v) is 10.8. The number of hydrogen-bond acceptors (Lipinski definition) is 7. The number of hydrogen-bond donors (Lipinski definition) is 2. The van der Waals surface area contributed by atoms with Gasteiger partial charge in [0.1, 0.15) is 23.9 Å². The highest BCUT2D eigenvalue weighted by atomic mass is 16.5. The van der Waals surface area contributed by atoms with E-state index in [0.29, 0.717) is 40.6 Å². The van der Waals surface area contributed by atoms with E-state index in [4.69, 9.17) is 14.0 Å². The number of nitrogens with zero attached hydrogens (tertiary/aromatic N) is 2. The van der Waals surface area contributed by atoms with Crippen molar-refractivity contribution in [2.75, 3.05) is 17.7 Å². The number of methoxy groups -OCH3 is 1. The number of benzene rings is 2. The van der Waals surface area contributed by atoms with E-state index in [-0.39, 0.29) is 11.8 Å². The van der Waals surface area contributed by atoms with E-state index >= 15 is 0 Å². The largest absolute Gasteiger partial charge is 0.494 e. The van der Waals surface area contributed by atoms with E-state index in [0.717, 1.165) is 17.0 Å². The number of rotatable bonds is 8. The first-order chi connectivity index (χ1) is 16.9. The van der Waals surface area contributed by atoms with Crippen molar-refractivity contribution in [3.63, 3.8) is 0 Å². The van der Waals surface area contributed by atoms with Gasteiger partial charge in [-0.05, 0) is 62.4 Å². The molecular formula is C26H24N4O5. The summed E-state index contributed by atoms with van der Waals surface area (Å²) in [5.74, 6) is 1.14. The number of amides is 2. The van der Waals surface area contributed by atoms with Crippen molar-refractivity contribution in [3.05, 3.63) is 95.1 Å². The van der Waals surface area contributed by atoms with E-state index in [1.807, 2.05) is 13.8 Å². The number of aryl methyl sites for hydroxylation is 2. The van der Waals surface area contributed by atoms with Gasteiger partial charge in [-0.2, -0.15) is 0 Å². The number of carbonyl (C=O) groups excluding carboxylic acids is 2. The Morgan fingerprint density at radius 1 is 0.971 bits per heavy atom. The van der Waals surface area contributed by atoms with E-state index < -0.39 is 0 Å². The fourth-order valence-corrected chi connectivity index (χ4v) is 3.33. The molecule has 0 aliphatic rings. The Bertz CT molecular complexity index is 1310. The molecule has 2 aromatic carbocycles. The van der Waals surface area contributed by atoms with Crippen molar-refractivity contribution in [2.45, 2.75) is 20.5 Å². The smallest absolute Gasteiger partial charge is 0.257 e. The standard InChI is InChI=1S/C26H24N4O5/c1-16-22(17(2)35-30-16)15-34-21-9-6-18(7-10-21)25(31)28-20-8-11-23(24(13-20)33-3)29-26(32)19-5-4-12-27-14-19/h4-14H,15H2,1-3H3,(H,28,31)(H,29,32). The van der Waals surface area contributed by atoms with Crippen LogP contribution >= 0.6 is 0 Å². The lowest BCUT2D eigenvalue weighted by atomic mass is 10.2. The molecule has 2 amide bonds. The van der Waals surface area contributed by atoms with Crippen LogP contribution < -0.4 is 20.1 Å². The second-order valence-corrected chi connectivity index (χ2v) is 7.68. The van der Waals surface area contributed by atoms with E-state index in [1.54, 1.807) is 60.8 Å². The summed E-state index contributed by atoms with van der Waals surface area (Å²) in [4.78, 5) is 29.1. The zero-order valence-electron chi connectivity index (χ0n) is 19.5. The van der Waals surface area contributed by atoms with Crippen LogP contribution in [0.25, 0.3) is 0 Å². The van der Waals surface area contributed by atoms with Crippen LogP contribution in [0.3, 0.4) is 0 Å². The van der Waals surface area contributed by atoms with Crippen LogP contribution in [0.1, 0.15) is 37.7 Å². The highest BCUT2D eigenvalue weighted by Crippen LogP contribution is 2.29. The predicted molar refractivity (Wildman–Crippen MR) is 130 cm³/mol. The van der Waals surface area contributed by atoms with Crippen molar-refractivity contribution < 1.29 is 23.6 Å². The normalized spacial score (nSPS) is 10.5. The van der Waals surface area contributed by atoms with Gasteiger partial charge in [0.05, 0.1) is 29.6 Å². The van der Waals surface area contributed by atoms with Gasteiger partial charge in [0.25, 0.3) is 11.8 Å². The molecule has 0 aliphatic carbocycles. The summed E-state index contributed by atoms with van der Waals surface area (Å²) in [5, 5.41) is 9.53. The molecule has 4 rings (SSSR count). The zero-order chi connectivity index (χ0) is 24.8. The number of pyridine rings is 1. The molecule has 0 bridgehead atoms. The number of ether oxygens (including phenoxy) is 2. The molecule has 2 N–H and O–H groups in total. The fraction of sp³-hybridized carbons (Fsp3) is 0.154. The first-order valence-electron chi connectivity index (χ1n) is 10.8. The molecule has 0 radical (unpaired) electrons. The van der Waals surface area contributed by atoms with Gasteiger partial charge < -0.3 is 24.6 Å². The second kappa shape index (κ2) is 10.5. The number of carbonyl (C=O) groups is 2. The molecule has 9 nitrogen and oxygen atoms in total. The maximum Gasteiger partial charge on any atom is 0.257 e. The van der Waals surface area contributed by atoms with Crippen LogP contribution in [0, 0.1) is 13.8 Å². The Labute approximate surface area is 202 Å². The monoisotopic (exact) mass is 472 g/mol. The quantitative estimate of drug-likeness (QED) is 0.379. The molecule has 0 saturated carbocycles. The van der Waals surface area contributed by atoms with Crippen LogP contribution in [0.2, 0.25) is 0 Å². The van der Waals surface area contributed by atoms with Crippen molar-refractivity contribution in [1.82, 2.24) is 10.1 Å².